The maximum absolute atomic E-state index is 12.6. The number of para-hydroxylation sites is 1. The summed E-state index contributed by atoms with van der Waals surface area (Å²) in [7, 11) is -7.48. The number of nitrogens with one attached hydrogen (secondary N) is 2. The van der Waals surface area contributed by atoms with Gasteiger partial charge in [0, 0.05) is 24.7 Å². The Morgan fingerprint density at radius 1 is 0.973 bits per heavy atom. The van der Waals surface area contributed by atoms with Crippen LogP contribution in [-0.4, -0.2) is 42.3 Å². The van der Waals surface area contributed by atoms with E-state index in [1.54, 1.807) is 42.5 Å². The van der Waals surface area contributed by atoms with Crippen LogP contribution in [0.15, 0.2) is 71.6 Å². The summed E-state index contributed by atoms with van der Waals surface area (Å²) in [6.07, 6.45) is 1.39. The number of nitrogens with zero attached hydrogens (tertiary/aromatic N) is 1. The second-order valence-electron chi connectivity index (χ2n) is 8.13. The summed E-state index contributed by atoms with van der Waals surface area (Å²) in [5, 5.41) is 2.95. The van der Waals surface area contributed by atoms with E-state index >= 15 is 0 Å². The molecule has 0 aliphatic carbocycles. The Morgan fingerprint density at radius 2 is 1.68 bits per heavy atom. The first-order chi connectivity index (χ1) is 17.5. The van der Waals surface area contributed by atoms with Crippen LogP contribution in [0.4, 0.5) is 17.1 Å². The minimum atomic E-state index is -3.88. The Kier molecular flexibility index (Phi) is 7.81. The lowest BCUT2D eigenvalue weighted by Gasteiger charge is -2.22. The first-order valence-corrected chi connectivity index (χ1v) is 14.8. The Hall–Kier alpha value is -3.48. The molecule has 3 aromatic rings. The van der Waals surface area contributed by atoms with E-state index in [4.69, 9.17) is 21.1 Å². The number of sulfonamides is 2. The van der Waals surface area contributed by atoms with E-state index < -0.39 is 20.0 Å². The molecule has 0 saturated carbocycles. The van der Waals surface area contributed by atoms with Crippen LogP contribution in [0.5, 0.6) is 11.5 Å². The molecule has 0 bridgehead atoms. The number of benzene rings is 3. The highest BCUT2D eigenvalue weighted by Gasteiger charge is 2.22. The van der Waals surface area contributed by atoms with E-state index in [0.717, 1.165) is 6.26 Å². The largest absolute Gasteiger partial charge is 0.454 e. The standard InChI is InChI=1S/C24H24ClN3O7S2/c1-36(30,31)28(18-10-13-22-23(15-18)35-16-34-22)14-4-7-24(29)26-17-8-11-19(12-9-17)37(32,33)27-21-6-3-2-5-20(21)25/h2-3,5-6,8-13,15,27H,4,7,14,16H2,1H3,(H,26,29). The minimum absolute atomic E-state index is 0.00191. The van der Waals surface area contributed by atoms with Gasteiger partial charge in [-0.25, -0.2) is 16.8 Å². The van der Waals surface area contributed by atoms with E-state index in [-0.39, 0.29) is 47.7 Å². The Labute approximate surface area is 220 Å². The average molecular weight is 566 g/mol. The SMILES string of the molecule is CS(=O)(=O)N(CCCC(=O)Nc1ccc(S(=O)(=O)Nc2ccccc2Cl)cc1)c1ccc2c(c1)OCO2. The average Bonchev–Trinajstić information content (AvgIpc) is 3.31. The van der Waals surface area contributed by atoms with Gasteiger partial charge in [0.15, 0.2) is 11.5 Å². The van der Waals surface area contributed by atoms with Crippen molar-refractivity contribution in [1.82, 2.24) is 0 Å². The fourth-order valence-corrected chi connectivity index (χ4v) is 5.87. The molecule has 0 spiro atoms. The van der Waals surface area contributed by atoms with Crippen molar-refractivity contribution in [3.05, 3.63) is 71.8 Å². The first kappa shape index (κ1) is 26.6. The highest BCUT2D eigenvalue weighted by Crippen LogP contribution is 2.36. The number of carbonyl (C=O) groups is 1. The highest BCUT2D eigenvalue weighted by molar-refractivity contribution is 7.92. The number of fused-ring (bicyclic) bond motifs is 1. The van der Waals surface area contributed by atoms with Crippen LogP contribution in [0.1, 0.15) is 12.8 Å². The first-order valence-electron chi connectivity index (χ1n) is 11.1. The van der Waals surface area contributed by atoms with Crippen molar-refractivity contribution in [2.24, 2.45) is 0 Å². The number of ether oxygens (including phenoxy) is 2. The molecule has 13 heteroatoms. The number of carbonyl (C=O) groups excluding carboxylic acids is 1. The molecule has 2 N–H and O–H groups in total. The number of amides is 1. The molecular weight excluding hydrogens is 542 g/mol. The molecule has 1 amide bonds. The van der Waals surface area contributed by atoms with Crippen molar-refractivity contribution >= 4 is 54.6 Å². The van der Waals surface area contributed by atoms with Gasteiger partial charge >= 0.3 is 0 Å². The monoisotopic (exact) mass is 565 g/mol. The second-order valence-corrected chi connectivity index (χ2v) is 12.1. The van der Waals surface area contributed by atoms with Crippen molar-refractivity contribution < 1.29 is 31.1 Å². The van der Waals surface area contributed by atoms with Gasteiger partial charge < -0.3 is 14.8 Å². The second kappa shape index (κ2) is 10.9. The molecule has 0 saturated heterocycles. The molecule has 196 valence electrons. The molecule has 0 atom stereocenters. The van der Waals surface area contributed by atoms with Crippen molar-refractivity contribution in [1.29, 1.82) is 0 Å². The van der Waals surface area contributed by atoms with Gasteiger partial charge in [-0.2, -0.15) is 0 Å². The lowest BCUT2D eigenvalue weighted by atomic mass is 10.2. The number of hydrogen-bond donors (Lipinski definition) is 2. The summed E-state index contributed by atoms with van der Waals surface area (Å²) in [5.74, 6) is 0.649. The number of hydrogen-bond acceptors (Lipinski definition) is 7. The number of halogens is 1. The molecule has 1 heterocycles. The van der Waals surface area contributed by atoms with Crippen molar-refractivity contribution in [3.63, 3.8) is 0 Å². The zero-order valence-corrected chi connectivity index (χ0v) is 22.1. The van der Waals surface area contributed by atoms with E-state index in [2.05, 4.69) is 10.0 Å². The molecule has 1 aliphatic heterocycles. The van der Waals surface area contributed by atoms with Crippen LogP contribution in [0.25, 0.3) is 0 Å². The van der Waals surface area contributed by atoms with E-state index in [9.17, 15) is 21.6 Å². The molecule has 0 radical (unpaired) electrons. The van der Waals surface area contributed by atoms with Gasteiger partial charge in [0.05, 0.1) is 27.5 Å². The van der Waals surface area contributed by atoms with Crippen LogP contribution in [-0.2, 0) is 24.8 Å². The van der Waals surface area contributed by atoms with Crippen LogP contribution >= 0.6 is 11.6 Å². The topological polar surface area (TPSA) is 131 Å². The van der Waals surface area contributed by atoms with Crippen molar-refractivity contribution in [2.45, 2.75) is 17.7 Å². The fourth-order valence-electron chi connectivity index (χ4n) is 3.60. The molecule has 4 rings (SSSR count). The quantitative estimate of drug-likeness (QED) is 0.379. The third kappa shape index (κ3) is 6.64. The van der Waals surface area contributed by atoms with Gasteiger partial charge in [-0.1, -0.05) is 23.7 Å². The molecule has 37 heavy (non-hydrogen) atoms. The summed E-state index contributed by atoms with van der Waals surface area (Å²) in [6.45, 7) is 0.152. The predicted molar refractivity (Wildman–Crippen MR) is 141 cm³/mol. The zero-order valence-electron chi connectivity index (χ0n) is 19.7. The lowest BCUT2D eigenvalue weighted by Crippen LogP contribution is -2.31. The van der Waals surface area contributed by atoms with Gasteiger partial charge in [0.25, 0.3) is 10.0 Å². The van der Waals surface area contributed by atoms with Crippen LogP contribution in [0.3, 0.4) is 0 Å². The molecule has 0 fully saturated rings. The van der Waals surface area contributed by atoms with Crippen LogP contribution in [0, 0.1) is 0 Å². The highest BCUT2D eigenvalue weighted by atomic mass is 35.5. The van der Waals surface area contributed by atoms with Gasteiger partial charge in [0.1, 0.15) is 0 Å². The molecule has 0 aromatic heterocycles. The molecule has 3 aromatic carbocycles. The van der Waals surface area contributed by atoms with Crippen LogP contribution < -0.4 is 23.8 Å². The summed E-state index contributed by atoms with van der Waals surface area (Å²) in [6, 6.07) is 17.0. The van der Waals surface area contributed by atoms with E-state index in [1.807, 2.05) is 0 Å². The lowest BCUT2D eigenvalue weighted by molar-refractivity contribution is -0.116. The molecular formula is C24H24ClN3O7S2. The van der Waals surface area contributed by atoms with Gasteiger partial charge in [-0.05, 0) is 55.0 Å². The van der Waals surface area contributed by atoms with E-state index in [1.165, 1.54) is 28.6 Å². The maximum atomic E-state index is 12.6. The number of anilines is 3. The third-order valence-corrected chi connectivity index (χ3v) is 8.28. The summed E-state index contributed by atoms with van der Waals surface area (Å²) in [5.41, 5.74) is 1.07. The molecule has 1 aliphatic rings. The number of rotatable bonds is 10. The minimum Gasteiger partial charge on any atom is -0.454 e. The fraction of sp³-hybridized carbons (Fsp3) is 0.208. The van der Waals surface area contributed by atoms with Crippen LogP contribution in [0.2, 0.25) is 5.02 Å². The van der Waals surface area contributed by atoms with Crippen molar-refractivity contribution in [3.8, 4) is 11.5 Å². The maximum Gasteiger partial charge on any atom is 0.261 e. The van der Waals surface area contributed by atoms with Gasteiger partial charge in [-0.15, -0.1) is 0 Å². The van der Waals surface area contributed by atoms with Crippen molar-refractivity contribution in [2.75, 3.05) is 33.9 Å². The molecule has 0 unspecified atom stereocenters. The Balaban J connectivity index is 1.33. The summed E-state index contributed by atoms with van der Waals surface area (Å²) < 4.78 is 64.1. The molecule has 10 nitrogen and oxygen atoms in total. The Bertz CT molecular complexity index is 1510. The van der Waals surface area contributed by atoms with E-state index in [0.29, 0.717) is 22.9 Å². The smallest absolute Gasteiger partial charge is 0.261 e. The van der Waals surface area contributed by atoms with Gasteiger partial charge in [0.2, 0.25) is 22.7 Å². The summed E-state index contributed by atoms with van der Waals surface area (Å²) in [4.78, 5) is 12.4. The third-order valence-electron chi connectivity index (χ3n) is 5.38. The normalized spacial score (nSPS) is 12.7. The zero-order chi connectivity index (χ0) is 26.6. The Morgan fingerprint density at radius 3 is 2.38 bits per heavy atom. The summed E-state index contributed by atoms with van der Waals surface area (Å²) >= 11 is 6.02. The van der Waals surface area contributed by atoms with Gasteiger partial charge in [-0.3, -0.25) is 13.8 Å². The predicted octanol–water partition coefficient (Wildman–Crippen LogP) is 4.05.